The molecule has 0 spiro atoms. The van der Waals surface area contributed by atoms with E-state index in [1.165, 1.54) is 18.2 Å². The first-order valence-corrected chi connectivity index (χ1v) is 3.97. The van der Waals surface area contributed by atoms with Gasteiger partial charge in [-0.05, 0) is 17.7 Å². The van der Waals surface area contributed by atoms with Crippen molar-refractivity contribution in [2.75, 3.05) is 0 Å². The van der Waals surface area contributed by atoms with Gasteiger partial charge in [0.25, 0.3) is 0 Å². The van der Waals surface area contributed by atoms with E-state index in [1.54, 1.807) is 6.07 Å². The Labute approximate surface area is 80.0 Å². The summed E-state index contributed by atoms with van der Waals surface area (Å²) in [6, 6.07) is 5.58. The minimum Gasteiger partial charge on any atom is -0.366 e. The molecule has 0 saturated carbocycles. The molecular formula is C10H9F2NO. The Bertz CT molecular complexity index is 374. The van der Waals surface area contributed by atoms with Crippen molar-refractivity contribution in [1.82, 2.24) is 0 Å². The van der Waals surface area contributed by atoms with E-state index >= 15 is 0 Å². The Kier molecular flexibility index (Phi) is 3.34. The van der Waals surface area contributed by atoms with Crippen molar-refractivity contribution in [2.45, 2.75) is 6.42 Å². The number of primary amides is 1. The highest BCUT2D eigenvalue weighted by atomic mass is 19.1. The number of amides is 1. The largest absolute Gasteiger partial charge is 0.366 e. The van der Waals surface area contributed by atoms with E-state index in [2.05, 4.69) is 0 Å². The highest BCUT2D eigenvalue weighted by Gasteiger charge is 2.06. The number of hydrogen-bond acceptors (Lipinski definition) is 1. The fourth-order valence-corrected chi connectivity index (χ4v) is 1.05. The summed E-state index contributed by atoms with van der Waals surface area (Å²) in [4.78, 5) is 10.6. The summed E-state index contributed by atoms with van der Waals surface area (Å²) < 4.78 is 24.8. The van der Waals surface area contributed by atoms with Gasteiger partial charge in [0.2, 0.25) is 5.91 Å². The van der Waals surface area contributed by atoms with Crippen molar-refractivity contribution < 1.29 is 13.6 Å². The minimum atomic E-state index is -0.836. The zero-order valence-corrected chi connectivity index (χ0v) is 7.34. The molecule has 14 heavy (non-hydrogen) atoms. The third-order valence-corrected chi connectivity index (χ3v) is 1.73. The topological polar surface area (TPSA) is 43.1 Å². The van der Waals surface area contributed by atoms with Gasteiger partial charge in [-0.2, -0.15) is 0 Å². The Hall–Kier alpha value is -1.71. The van der Waals surface area contributed by atoms with Crippen molar-refractivity contribution in [2.24, 2.45) is 5.73 Å². The lowest BCUT2D eigenvalue weighted by Gasteiger charge is -2.01. The summed E-state index contributed by atoms with van der Waals surface area (Å²) in [7, 11) is 0. The quantitative estimate of drug-likeness (QED) is 0.736. The monoisotopic (exact) mass is 197 g/mol. The summed E-state index contributed by atoms with van der Waals surface area (Å²) >= 11 is 0. The Morgan fingerprint density at radius 3 is 2.71 bits per heavy atom. The summed E-state index contributed by atoms with van der Waals surface area (Å²) in [5.74, 6) is -1.26. The second kappa shape index (κ2) is 4.50. The van der Waals surface area contributed by atoms with Crippen molar-refractivity contribution >= 4 is 5.91 Å². The molecule has 0 fully saturated rings. The predicted molar refractivity (Wildman–Crippen MR) is 48.5 cm³/mol. The normalized spacial score (nSPS) is 11.4. The molecule has 0 aliphatic rings. The van der Waals surface area contributed by atoms with Crippen molar-refractivity contribution in [3.8, 4) is 0 Å². The molecular weight excluding hydrogens is 188 g/mol. The molecule has 1 amide bonds. The van der Waals surface area contributed by atoms with Crippen LogP contribution in [0.4, 0.5) is 8.78 Å². The molecule has 74 valence electrons. The van der Waals surface area contributed by atoms with Gasteiger partial charge in [-0.3, -0.25) is 4.79 Å². The molecule has 0 aromatic heterocycles. The smallest absolute Gasteiger partial charge is 0.247 e. The molecule has 1 aromatic carbocycles. The van der Waals surface area contributed by atoms with Crippen molar-refractivity contribution in [1.29, 1.82) is 0 Å². The van der Waals surface area contributed by atoms with E-state index in [0.29, 0.717) is 5.56 Å². The average molecular weight is 197 g/mol. The molecule has 0 aliphatic heterocycles. The first-order valence-electron chi connectivity index (χ1n) is 3.97. The summed E-state index contributed by atoms with van der Waals surface area (Å²) in [6.07, 6.45) is 0.150. The van der Waals surface area contributed by atoms with E-state index in [-0.39, 0.29) is 18.3 Å². The fourth-order valence-electron chi connectivity index (χ4n) is 1.05. The van der Waals surface area contributed by atoms with E-state index < -0.39 is 11.7 Å². The number of hydrogen-bond donors (Lipinski definition) is 1. The highest BCUT2D eigenvalue weighted by molar-refractivity contribution is 5.92. The summed E-state index contributed by atoms with van der Waals surface area (Å²) in [5, 5.41) is 0. The first kappa shape index (κ1) is 10.4. The van der Waals surface area contributed by atoms with E-state index in [9.17, 15) is 13.6 Å². The molecule has 0 unspecified atom stereocenters. The Morgan fingerprint density at radius 2 is 2.21 bits per heavy atom. The maximum Gasteiger partial charge on any atom is 0.247 e. The zero-order chi connectivity index (χ0) is 10.6. The van der Waals surface area contributed by atoms with Crippen LogP contribution in [0.3, 0.4) is 0 Å². The lowest BCUT2D eigenvalue weighted by molar-refractivity contribution is -0.114. The van der Waals surface area contributed by atoms with Gasteiger partial charge in [-0.15, -0.1) is 0 Å². The summed E-state index contributed by atoms with van der Waals surface area (Å²) in [5.41, 5.74) is 5.23. The molecule has 1 rings (SSSR count). The number of carbonyl (C=O) groups is 1. The van der Waals surface area contributed by atoms with Crippen LogP contribution in [-0.4, -0.2) is 5.91 Å². The van der Waals surface area contributed by atoms with Crippen molar-refractivity contribution in [3.05, 3.63) is 47.5 Å². The van der Waals surface area contributed by atoms with Gasteiger partial charge in [0, 0.05) is 12.0 Å². The van der Waals surface area contributed by atoms with Crippen LogP contribution in [0, 0.1) is 5.82 Å². The SMILES string of the molecule is NC(=O)C(=CF)Cc1cccc(F)c1. The number of benzene rings is 1. The lowest BCUT2D eigenvalue weighted by atomic mass is 10.1. The summed E-state index contributed by atoms with van der Waals surface area (Å²) in [6.45, 7) is 0. The second-order valence-electron chi connectivity index (χ2n) is 2.81. The van der Waals surface area contributed by atoms with E-state index in [1.807, 2.05) is 0 Å². The van der Waals surface area contributed by atoms with Crippen molar-refractivity contribution in [3.63, 3.8) is 0 Å². The molecule has 2 N–H and O–H groups in total. The van der Waals surface area contributed by atoms with Crippen LogP contribution in [0.25, 0.3) is 0 Å². The van der Waals surface area contributed by atoms with Crippen LogP contribution in [0.1, 0.15) is 5.56 Å². The lowest BCUT2D eigenvalue weighted by Crippen LogP contribution is -2.15. The molecule has 0 atom stereocenters. The maximum atomic E-state index is 12.7. The standard InChI is InChI=1S/C10H9F2NO/c11-6-8(10(13)14)4-7-2-1-3-9(12)5-7/h1-3,5-6H,4H2,(H2,13,14). The predicted octanol–water partition coefficient (Wildman–Crippen LogP) is 1.71. The third-order valence-electron chi connectivity index (χ3n) is 1.73. The molecule has 2 nitrogen and oxygen atoms in total. The van der Waals surface area contributed by atoms with Gasteiger partial charge in [0.15, 0.2) is 0 Å². The second-order valence-corrected chi connectivity index (χ2v) is 2.81. The van der Waals surface area contributed by atoms with Gasteiger partial charge >= 0.3 is 0 Å². The first-order chi connectivity index (χ1) is 6.63. The maximum absolute atomic E-state index is 12.7. The van der Waals surface area contributed by atoms with Crippen LogP contribution in [0.5, 0.6) is 0 Å². The fraction of sp³-hybridized carbons (Fsp3) is 0.100. The minimum absolute atomic E-state index is 0.00356. The Morgan fingerprint density at radius 1 is 1.50 bits per heavy atom. The van der Waals surface area contributed by atoms with Crippen LogP contribution in [-0.2, 0) is 11.2 Å². The number of nitrogens with two attached hydrogens (primary N) is 1. The zero-order valence-electron chi connectivity index (χ0n) is 7.34. The average Bonchev–Trinajstić information content (AvgIpc) is 2.14. The molecule has 4 heteroatoms. The van der Waals surface area contributed by atoms with Gasteiger partial charge in [-0.1, -0.05) is 12.1 Å². The number of rotatable bonds is 3. The molecule has 0 radical (unpaired) electrons. The van der Waals surface area contributed by atoms with Crippen LogP contribution >= 0.6 is 0 Å². The van der Waals surface area contributed by atoms with Gasteiger partial charge in [0.1, 0.15) is 5.82 Å². The Balaban J connectivity index is 2.83. The van der Waals surface area contributed by atoms with Gasteiger partial charge < -0.3 is 5.73 Å². The highest BCUT2D eigenvalue weighted by Crippen LogP contribution is 2.09. The third kappa shape index (κ3) is 2.65. The molecule has 0 aliphatic carbocycles. The van der Waals surface area contributed by atoms with Gasteiger partial charge in [-0.25, -0.2) is 8.78 Å². The molecule has 0 bridgehead atoms. The van der Waals surface area contributed by atoms with E-state index in [0.717, 1.165) is 0 Å². The van der Waals surface area contributed by atoms with Crippen LogP contribution in [0.15, 0.2) is 36.2 Å². The number of carbonyl (C=O) groups excluding carboxylic acids is 1. The van der Waals surface area contributed by atoms with E-state index in [4.69, 9.17) is 5.73 Å². The number of halogens is 2. The molecule has 0 saturated heterocycles. The molecule has 0 heterocycles. The van der Waals surface area contributed by atoms with Gasteiger partial charge in [0.05, 0.1) is 6.33 Å². The van der Waals surface area contributed by atoms with Crippen LogP contribution in [0.2, 0.25) is 0 Å². The molecule has 1 aromatic rings. The van der Waals surface area contributed by atoms with Crippen LogP contribution < -0.4 is 5.73 Å².